The molecule has 10 heteroatoms. The van der Waals surface area contributed by atoms with Crippen LogP contribution in [-0.4, -0.2) is 28.2 Å². The molecule has 2 aromatic carbocycles. The van der Waals surface area contributed by atoms with Crippen LogP contribution in [-0.2, 0) is 15.8 Å². The van der Waals surface area contributed by atoms with Gasteiger partial charge in [-0.2, -0.15) is 5.10 Å². The third-order valence-electron chi connectivity index (χ3n) is 4.04. The zero-order valence-electron chi connectivity index (χ0n) is 14.4. The molecule has 0 radical (unpaired) electrons. The number of nitrogens with two attached hydrogens (primary N) is 1. The van der Waals surface area contributed by atoms with Gasteiger partial charge in [0.1, 0.15) is 5.39 Å². The molecule has 28 heavy (non-hydrogen) atoms. The highest BCUT2D eigenvalue weighted by Crippen LogP contribution is 2.21. The topological polar surface area (TPSA) is 124 Å². The fourth-order valence-electron chi connectivity index (χ4n) is 2.66. The summed E-state index contributed by atoms with van der Waals surface area (Å²) >= 11 is 1.41. The third kappa shape index (κ3) is 3.70. The lowest BCUT2D eigenvalue weighted by Gasteiger charge is -2.06. The van der Waals surface area contributed by atoms with Crippen molar-refractivity contribution in [2.24, 2.45) is 5.14 Å². The first-order chi connectivity index (χ1) is 13.4. The summed E-state index contributed by atoms with van der Waals surface area (Å²) < 4.78 is 24.3. The molecule has 2 heterocycles. The van der Waals surface area contributed by atoms with Gasteiger partial charge >= 0.3 is 0 Å². The van der Waals surface area contributed by atoms with E-state index in [2.05, 4.69) is 15.1 Å². The highest BCUT2D eigenvalue weighted by Gasteiger charge is 2.13. The van der Waals surface area contributed by atoms with Crippen molar-refractivity contribution in [2.75, 3.05) is 0 Å². The van der Waals surface area contributed by atoms with E-state index < -0.39 is 10.0 Å². The van der Waals surface area contributed by atoms with E-state index in [4.69, 9.17) is 5.14 Å². The first-order valence-corrected chi connectivity index (χ1v) is 10.7. The highest BCUT2D eigenvalue weighted by atomic mass is 32.2. The second-order valence-electron chi connectivity index (χ2n) is 5.98. The Kier molecular flexibility index (Phi) is 4.75. The molecular weight excluding hydrogens is 398 g/mol. The summed E-state index contributed by atoms with van der Waals surface area (Å²) in [6.45, 7) is 0. The van der Waals surface area contributed by atoms with Crippen molar-refractivity contribution >= 4 is 32.8 Å². The summed E-state index contributed by atoms with van der Waals surface area (Å²) in [6.07, 6.45) is 1.43. The molecule has 0 atom stereocenters. The Balaban J connectivity index is 1.70. The van der Waals surface area contributed by atoms with Crippen LogP contribution in [0.1, 0.15) is 5.56 Å². The minimum absolute atomic E-state index is 0.00220. The molecule has 4 aromatic rings. The van der Waals surface area contributed by atoms with Crippen LogP contribution in [0.25, 0.3) is 16.7 Å². The lowest BCUT2D eigenvalue weighted by atomic mass is 10.2. The van der Waals surface area contributed by atoms with E-state index in [9.17, 15) is 13.2 Å². The Hall–Kier alpha value is -2.95. The van der Waals surface area contributed by atoms with Gasteiger partial charge in [-0.25, -0.2) is 23.2 Å². The van der Waals surface area contributed by atoms with Crippen molar-refractivity contribution in [1.29, 1.82) is 0 Å². The lowest BCUT2D eigenvalue weighted by Crippen LogP contribution is -2.12. The van der Waals surface area contributed by atoms with Gasteiger partial charge in [0.2, 0.25) is 10.0 Å². The van der Waals surface area contributed by atoms with Gasteiger partial charge in [-0.3, -0.25) is 4.79 Å². The van der Waals surface area contributed by atoms with Crippen LogP contribution in [0.15, 0.2) is 75.6 Å². The third-order valence-corrected chi connectivity index (χ3v) is 5.92. The summed E-state index contributed by atoms with van der Waals surface area (Å²) in [5, 5.41) is 10.2. The van der Waals surface area contributed by atoms with E-state index in [1.807, 2.05) is 30.3 Å². The minimum atomic E-state index is -3.78. The van der Waals surface area contributed by atoms with Crippen molar-refractivity contribution in [2.45, 2.75) is 15.8 Å². The van der Waals surface area contributed by atoms with E-state index in [0.29, 0.717) is 27.6 Å². The number of aromatic amines is 1. The summed E-state index contributed by atoms with van der Waals surface area (Å²) in [7, 11) is -3.78. The Bertz CT molecular complexity index is 1300. The van der Waals surface area contributed by atoms with Crippen LogP contribution in [0.5, 0.6) is 0 Å². The number of H-pyrrole nitrogens is 1. The maximum absolute atomic E-state index is 12.4. The predicted molar refractivity (Wildman–Crippen MR) is 107 cm³/mol. The molecule has 0 aliphatic rings. The molecule has 0 fully saturated rings. The number of benzene rings is 2. The first-order valence-electron chi connectivity index (χ1n) is 8.20. The molecule has 3 N–H and O–H groups in total. The number of aromatic nitrogens is 4. The van der Waals surface area contributed by atoms with Crippen LogP contribution < -0.4 is 10.7 Å². The average Bonchev–Trinajstić information content (AvgIpc) is 3.11. The smallest absolute Gasteiger partial charge is 0.262 e. The fraction of sp³-hybridized carbons (Fsp3) is 0.0556. The number of sulfonamides is 1. The van der Waals surface area contributed by atoms with Gasteiger partial charge in [0.05, 0.1) is 16.8 Å². The maximum atomic E-state index is 12.4. The number of primary sulfonamides is 1. The lowest BCUT2D eigenvalue weighted by molar-refractivity contribution is 0.598. The molecule has 2 aromatic heterocycles. The van der Waals surface area contributed by atoms with Crippen LogP contribution in [0, 0.1) is 0 Å². The largest absolute Gasteiger partial charge is 0.301 e. The van der Waals surface area contributed by atoms with Gasteiger partial charge in [-0.05, 0) is 29.8 Å². The van der Waals surface area contributed by atoms with Gasteiger partial charge in [-0.15, -0.1) is 0 Å². The standard InChI is InChI=1S/C18H15N5O3S2/c19-28(25,26)14-8-6-13(7-9-14)23-16-15(10-20-23)17(24)22-18(21-16)27-11-12-4-2-1-3-5-12/h1-10H,11H2,(H2,19,25,26)(H,21,22,24). The maximum Gasteiger partial charge on any atom is 0.262 e. The second kappa shape index (κ2) is 7.23. The summed E-state index contributed by atoms with van der Waals surface area (Å²) in [4.78, 5) is 19.7. The number of nitrogens with one attached hydrogen (secondary N) is 1. The molecule has 8 nitrogen and oxygen atoms in total. The SMILES string of the molecule is NS(=O)(=O)c1ccc(-n2ncc3c(=O)[nH]c(SCc4ccccc4)nc32)cc1. The Morgan fingerprint density at radius 2 is 1.79 bits per heavy atom. The number of hydrogen-bond acceptors (Lipinski definition) is 6. The summed E-state index contributed by atoms with van der Waals surface area (Å²) in [5.41, 5.74) is 1.79. The highest BCUT2D eigenvalue weighted by molar-refractivity contribution is 7.98. The average molecular weight is 413 g/mol. The molecule has 0 amide bonds. The second-order valence-corrected chi connectivity index (χ2v) is 8.50. The van der Waals surface area contributed by atoms with Crippen molar-refractivity contribution in [3.05, 3.63) is 76.7 Å². The normalized spacial score (nSPS) is 11.8. The predicted octanol–water partition coefficient (Wildman–Crippen LogP) is 2.05. The molecule has 0 unspecified atom stereocenters. The number of fused-ring (bicyclic) bond motifs is 1. The molecule has 0 spiro atoms. The molecule has 0 aliphatic carbocycles. The van der Waals surface area contributed by atoms with Crippen LogP contribution in [0.3, 0.4) is 0 Å². The quantitative estimate of drug-likeness (QED) is 0.381. The Morgan fingerprint density at radius 3 is 2.46 bits per heavy atom. The van der Waals surface area contributed by atoms with E-state index in [1.165, 1.54) is 34.8 Å². The summed E-state index contributed by atoms with van der Waals surface area (Å²) in [6, 6.07) is 15.7. The van der Waals surface area contributed by atoms with Crippen molar-refractivity contribution in [3.63, 3.8) is 0 Å². The van der Waals surface area contributed by atoms with Crippen LogP contribution >= 0.6 is 11.8 Å². The van der Waals surface area contributed by atoms with Gasteiger partial charge in [0.15, 0.2) is 10.8 Å². The fourth-order valence-corrected chi connectivity index (χ4v) is 3.99. The van der Waals surface area contributed by atoms with E-state index in [1.54, 1.807) is 12.1 Å². The van der Waals surface area contributed by atoms with Gasteiger partial charge in [0, 0.05) is 5.75 Å². The molecule has 0 aliphatic heterocycles. The zero-order valence-corrected chi connectivity index (χ0v) is 16.1. The zero-order chi connectivity index (χ0) is 19.7. The monoisotopic (exact) mass is 413 g/mol. The molecule has 0 saturated carbocycles. The van der Waals surface area contributed by atoms with Gasteiger partial charge in [0.25, 0.3) is 5.56 Å². The Labute approximate surface area is 164 Å². The first kappa shape index (κ1) is 18.4. The molecule has 0 bridgehead atoms. The van der Waals surface area contributed by atoms with Crippen LogP contribution in [0.2, 0.25) is 0 Å². The van der Waals surface area contributed by atoms with Crippen LogP contribution in [0.4, 0.5) is 0 Å². The molecular formula is C18H15N5O3S2. The van der Waals surface area contributed by atoms with Crippen molar-refractivity contribution in [3.8, 4) is 5.69 Å². The number of rotatable bonds is 5. The van der Waals surface area contributed by atoms with E-state index in [0.717, 1.165) is 5.56 Å². The summed E-state index contributed by atoms with van der Waals surface area (Å²) in [5.74, 6) is 0.659. The molecule has 4 rings (SSSR count). The molecule has 142 valence electrons. The minimum Gasteiger partial charge on any atom is -0.301 e. The number of thioether (sulfide) groups is 1. The number of nitrogens with zero attached hydrogens (tertiary/aromatic N) is 3. The van der Waals surface area contributed by atoms with E-state index >= 15 is 0 Å². The van der Waals surface area contributed by atoms with Crippen molar-refractivity contribution < 1.29 is 8.42 Å². The van der Waals surface area contributed by atoms with Crippen molar-refractivity contribution in [1.82, 2.24) is 19.7 Å². The molecule has 0 saturated heterocycles. The van der Waals surface area contributed by atoms with Gasteiger partial charge < -0.3 is 4.98 Å². The Morgan fingerprint density at radius 1 is 1.07 bits per heavy atom. The van der Waals surface area contributed by atoms with E-state index in [-0.39, 0.29) is 10.5 Å². The number of hydrogen-bond donors (Lipinski definition) is 2. The van der Waals surface area contributed by atoms with Gasteiger partial charge in [-0.1, -0.05) is 42.1 Å².